The van der Waals surface area contributed by atoms with E-state index in [4.69, 9.17) is 0 Å². The van der Waals surface area contributed by atoms with Gasteiger partial charge in [-0.05, 0) is 54.9 Å². The molecule has 33 heavy (non-hydrogen) atoms. The molecule has 0 radical (unpaired) electrons. The van der Waals surface area contributed by atoms with Gasteiger partial charge in [-0.2, -0.15) is 4.31 Å². The second-order valence-corrected chi connectivity index (χ2v) is 10.3. The third-order valence-electron chi connectivity index (χ3n) is 6.00. The minimum Gasteiger partial charge on any atom is -0.356 e. The highest BCUT2D eigenvalue weighted by molar-refractivity contribution is 7.89. The van der Waals surface area contributed by atoms with Crippen LogP contribution in [0, 0.1) is 0 Å². The lowest BCUT2D eigenvalue weighted by Gasteiger charge is -2.23. The fourth-order valence-corrected chi connectivity index (χ4v) is 5.45. The highest BCUT2D eigenvalue weighted by Gasteiger charge is 2.26. The summed E-state index contributed by atoms with van der Waals surface area (Å²) in [6, 6.07) is 16.7. The second kappa shape index (κ2) is 12.0. The Morgan fingerprint density at radius 2 is 1.61 bits per heavy atom. The van der Waals surface area contributed by atoms with Gasteiger partial charge in [-0.1, -0.05) is 49.4 Å². The Morgan fingerprint density at radius 1 is 0.909 bits per heavy atom. The predicted octanol–water partition coefficient (Wildman–Crippen LogP) is 2.83. The van der Waals surface area contributed by atoms with E-state index >= 15 is 0 Å². The number of amides is 2. The number of nitrogens with zero attached hydrogens (tertiary/aromatic N) is 1. The highest BCUT2D eigenvalue weighted by Crippen LogP contribution is 2.24. The molecule has 8 heteroatoms. The molecule has 1 atom stereocenters. The van der Waals surface area contributed by atoms with Crippen molar-refractivity contribution >= 4 is 21.8 Å². The summed E-state index contributed by atoms with van der Waals surface area (Å²) in [7, 11) is -3.83. The zero-order valence-electron chi connectivity index (χ0n) is 19.1. The molecule has 178 valence electrons. The quantitative estimate of drug-likeness (QED) is 0.717. The third kappa shape index (κ3) is 7.14. The van der Waals surface area contributed by atoms with Crippen molar-refractivity contribution in [2.24, 2.45) is 0 Å². The lowest BCUT2D eigenvalue weighted by atomic mass is 9.91. The van der Waals surface area contributed by atoms with Crippen molar-refractivity contribution in [2.75, 3.05) is 26.2 Å². The summed E-state index contributed by atoms with van der Waals surface area (Å²) in [5.74, 6) is -0.227. The zero-order chi connectivity index (χ0) is 23.7. The van der Waals surface area contributed by atoms with Crippen LogP contribution in [0.5, 0.6) is 0 Å². The van der Waals surface area contributed by atoms with Gasteiger partial charge < -0.3 is 10.6 Å². The van der Waals surface area contributed by atoms with Crippen LogP contribution in [0.1, 0.15) is 49.7 Å². The predicted molar refractivity (Wildman–Crippen MR) is 128 cm³/mol. The molecule has 1 aliphatic heterocycles. The molecule has 1 fully saturated rings. The topological polar surface area (TPSA) is 95.6 Å². The molecule has 3 rings (SSSR count). The molecule has 1 unspecified atom stereocenters. The van der Waals surface area contributed by atoms with Crippen molar-refractivity contribution in [3.63, 3.8) is 0 Å². The first kappa shape index (κ1) is 24.9. The highest BCUT2D eigenvalue weighted by atomic mass is 32.2. The molecule has 2 aromatic carbocycles. The summed E-state index contributed by atoms with van der Waals surface area (Å²) in [4.78, 5) is 25.1. The smallest absolute Gasteiger partial charge is 0.243 e. The maximum Gasteiger partial charge on any atom is 0.243 e. The first-order valence-corrected chi connectivity index (χ1v) is 13.0. The number of sulfonamides is 1. The van der Waals surface area contributed by atoms with E-state index in [9.17, 15) is 18.0 Å². The fourth-order valence-electron chi connectivity index (χ4n) is 4.01. The van der Waals surface area contributed by atoms with Crippen molar-refractivity contribution in [1.29, 1.82) is 0 Å². The standard InChI is InChI=1S/C25H33N3O4S/c1-2-20-9-12-23(13-10-20)33(31,32)28-18-6-16-26-24(29)14-11-22(15-17-27-25(30)19-28)21-7-4-3-5-8-21/h3-5,7-10,12-13,22H,2,6,11,14-19H2,1H3,(H,26,29)(H,27,30). The Hall–Kier alpha value is -2.71. The molecule has 2 aromatic rings. The van der Waals surface area contributed by atoms with Gasteiger partial charge in [0.25, 0.3) is 0 Å². The largest absolute Gasteiger partial charge is 0.356 e. The first-order chi connectivity index (χ1) is 15.9. The molecule has 0 saturated carbocycles. The molecule has 1 aliphatic rings. The summed E-state index contributed by atoms with van der Waals surface area (Å²) in [6.07, 6.45) is 3.00. The molecule has 0 aromatic heterocycles. The Bertz CT molecular complexity index is 1020. The van der Waals surface area contributed by atoms with Gasteiger partial charge in [0.05, 0.1) is 11.4 Å². The number of carbonyl (C=O) groups excluding carboxylic acids is 2. The number of nitrogens with one attached hydrogen (secondary N) is 2. The summed E-state index contributed by atoms with van der Waals surface area (Å²) in [5.41, 5.74) is 2.18. The molecule has 0 spiro atoms. The third-order valence-corrected chi connectivity index (χ3v) is 7.86. The van der Waals surface area contributed by atoms with Gasteiger partial charge in [0, 0.05) is 26.1 Å². The number of carbonyl (C=O) groups is 2. The van der Waals surface area contributed by atoms with E-state index in [1.165, 1.54) is 4.31 Å². The van der Waals surface area contributed by atoms with Gasteiger partial charge in [0.1, 0.15) is 0 Å². The van der Waals surface area contributed by atoms with E-state index in [-0.39, 0.29) is 35.7 Å². The van der Waals surface area contributed by atoms with Crippen LogP contribution in [0.25, 0.3) is 0 Å². The van der Waals surface area contributed by atoms with Crippen molar-refractivity contribution in [2.45, 2.75) is 49.8 Å². The summed E-state index contributed by atoms with van der Waals surface area (Å²) in [6.45, 7) is 2.68. The van der Waals surface area contributed by atoms with Gasteiger partial charge in [-0.3, -0.25) is 9.59 Å². The van der Waals surface area contributed by atoms with Crippen LogP contribution >= 0.6 is 0 Å². The molecule has 0 bridgehead atoms. The normalized spacial score (nSPS) is 19.8. The van der Waals surface area contributed by atoms with E-state index in [1.807, 2.05) is 37.3 Å². The van der Waals surface area contributed by atoms with E-state index in [0.29, 0.717) is 38.8 Å². The maximum atomic E-state index is 13.2. The Balaban J connectivity index is 1.74. The molecule has 2 N–H and O–H groups in total. The number of aryl methyl sites for hydroxylation is 1. The van der Waals surface area contributed by atoms with Crippen molar-refractivity contribution < 1.29 is 18.0 Å². The van der Waals surface area contributed by atoms with Crippen LogP contribution < -0.4 is 10.6 Å². The molecule has 2 amide bonds. The molecule has 1 heterocycles. The summed E-state index contributed by atoms with van der Waals surface area (Å²) >= 11 is 0. The molecular weight excluding hydrogens is 438 g/mol. The Morgan fingerprint density at radius 3 is 2.30 bits per heavy atom. The van der Waals surface area contributed by atoms with Crippen molar-refractivity contribution in [3.8, 4) is 0 Å². The SMILES string of the molecule is CCc1ccc(S(=O)(=O)N2CCCNC(=O)CCC(c3ccccc3)CCNC(=O)C2)cc1. The molecule has 1 saturated heterocycles. The van der Waals surface area contributed by atoms with Gasteiger partial charge in [0.15, 0.2) is 0 Å². The number of hydrogen-bond acceptors (Lipinski definition) is 4. The fraction of sp³-hybridized carbons (Fsp3) is 0.440. The van der Waals surface area contributed by atoms with Gasteiger partial charge >= 0.3 is 0 Å². The number of rotatable bonds is 4. The summed E-state index contributed by atoms with van der Waals surface area (Å²) < 4.78 is 27.7. The van der Waals surface area contributed by atoms with Crippen LogP contribution in [0.2, 0.25) is 0 Å². The average molecular weight is 472 g/mol. The van der Waals surface area contributed by atoms with E-state index in [2.05, 4.69) is 10.6 Å². The van der Waals surface area contributed by atoms with Gasteiger partial charge in [-0.25, -0.2) is 8.42 Å². The molecule has 0 aliphatic carbocycles. The monoisotopic (exact) mass is 471 g/mol. The van der Waals surface area contributed by atoms with Gasteiger partial charge in [0.2, 0.25) is 21.8 Å². The van der Waals surface area contributed by atoms with Crippen molar-refractivity contribution in [3.05, 3.63) is 65.7 Å². The average Bonchev–Trinajstić information content (AvgIpc) is 2.83. The molecular formula is C25H33N3O4S. The van der Waals surface area contributed by atoms with Crippen LogP contribution in [-0.2, 0) is 26.0 Å². The van der Waals surface area contributed by atoms with E-state index < -0.39 is 10.0 Å². The summed E-state index contributed by atoms with van der Waals surface area (Å²) in [5, 5.41) is 5.76. The van der Waals surface area contributed by atoms with Crippen LogP contribution in [0.4, 0.5) is 0 Å². The van der Waals surface area contributed by atoms with E-state index in [1.54, 1.807) is 24.3 Å². The zero-order valence-corrected chi connectivity index (χ0v) is 19.9. The number of hydrogen-bond donors (Lipinski definition) is 2. The van der Waals surface area contributed by atoms with Crippen LogP contribution in [-0.4, -0.2) is 50.7 Å². The maximum absolute atomic E-state index is 13.2. The van der Waals surface area contributed by atoms with E-state index in [0.717, 1.165) is 17.5 Å². The second-order valence-electron chi connectivity index (χ2n) is 8.32. The van der Waals surface area contributed by atoms with Gasteiger partial charge in [-0.15, -0.1) is 0 Å². The van der Waals surface area contributed by atoms with Crippen molar-refractivity contribution in [1.82, 2.24) is 14.9 Å². The first-order valence-electron chi connectivity index (χ1n) is 11.6. The Labute approximate surface area is 196 Å². The van der Waals surface area contributed by atoms with Crippen LogP contribution in [0.3, 0.4) is 0 Å². The Kier molecular flexibility index (Phi) is 9.03. The molecule has 7 nitrogen and oxygen atoms in total. The lowest BCUT2D eigenvalue weighted by Crippen LogP contribution is -2.42. The number of benzene rings is 2. The minimum absolute atomic E-state index is 0.0402. The minimum atomic E-state index is -3.83. The lowest BCUT2D eigenvalue weighted by molar-refractivity contribution is -0.122. The van der Waals surface area contributed by atoms with Crippen LogP contribution in [0.15, 0.2) is 59.5 Å².